The van der Waals surface area contributed by atoms with Gasteiger partial charge in [0.2, 0.25) is 0 Å². The van der Waals surface area contributed by atoms with E-state index in [1.54, 1.807) is 16.7 Å². The van der Waals surface area contributed by atoms with Gasteiger partial charge in [0.1, 0.15) is 4.21 Å². The van der Waals surface area contributed by atoms with Crippen LogP contribution in [0.3, 0.4) is 0 Å². The lowest BCUT2D eigenvalue weighted by Gasteiger charge is -2.11. The molecule has 2 heterocycles. The molecule has 1 atom stereocenters. The Bertz CT molecular complexity index is 587. The molecule has 0 aliphatic rings. The second-order valence-corrected chi connectivity index (χ2v) is 7.23. The number of sulfonamides is 1. The Morgan fingerprint density at radius 2 is 2.18 bits per heavy atom. The maximum Gasteiger partial charge on any atom is 0.250 e. The molecule has 92 valence electrons. The molecular weight excluding hydrogens is 276 g/mol. The van der Waals surface area contributed by atoms with E-state index in [2.05, 4.69) is 4.72 Å². The molecule has 0 fully saturated rings. The lowest BCUT2D eigenvalue weighted by Crippen LogP contribution is -2.25. The van der Waals surface area contributed by atoms with Crippen LogP contribution in [-0.2, 0) is 10.0 Å². The lowest BCUT2D eigenvalue weighted by atomic mass is 10.2. The largest absolute Gasteiger partial charge is 0.398 e. The van der Waals surface area contributed by atoms with Crippen molar-refractivity contribution >= 4 is 38.4 Å². The second-order valence-electron chi connectivity index (χ2n) is 3.60. The summed E-state index contributed by atoms with van der Waals surface area (Å²) in [4.78, 5) is 0. The SMILES string of the molecule is CC(NS(=O)(=O)c1cc(N)cs1)c1ccsc1. The highest BCUT2D eigenvalue weighted by atomic mass is 32.2. The van der Waals surface area contributed by atoms with Crippen molar-refractivity contribution in [2.45, 2.75) is 17.2 Å². The van der Waals surface area contributed by atoms with E-state index in [0.717, 1.165) is 16.9 Å². The Labute approximate surface area is 108 Å². The minimum atomic E-state index is -3.47. The van der Waals surface area contributed by atoms with E-state index >= 15 is 0 Å². The van der Waals surface area contributed by atoms with Crippen LogP contribution in [0.15, 0.2) is 32.5 Å². The summed E-state index contributed by atoms with van der Waals surface area (Å²) in [6, 6.07) is 3.13. The average molecular weight is 288 g/mol. The standard InChI is InChI=1S/C10H12N2O2S3/c1-7(8-2-3-15-5-8)12-17(13,14)10-4-9(11)6-16-10/h2-7,12H,11H2,1H3. The van der Waals surface area contributed by atoms with Crippen molar-refractivity contribution in [2.24, 2.45) is 0 Å². The van der Waals surface area contributed by atoms with Crippen molar-refractivity contribution in [2.75, 3.05) is 5.73 Å². The van der Waals surface area contributed by atoms with Crippen LogP contribution in [0, 0.1) is 0 Å². The minimum Gasteiger partial charge on any atom is -0.398 e. The molecule has 1 unspecified atom stereocenters. The summed E-state index contributed by atoms with van der Waals surface area (Å²) >= 11 is 2.66. The number of nitrogens with one attached hydrogen (secondary N) is 1. The molecule has 0 amide bonds. The summed E-state index contributed by atoms with van der Waals surface area (Å²) in [7, 11) is -3.47. The van der Waals surface area contributed by atoms with Gasteiger partial charge in [0.05, 0.1) is 0 Å². The molecule has 0 saturated carbocycles. The smallest absolute Gasteiger partial charge is 0.250 e. The topological polar surface area (TPSA) is 72.2 Å². The molecule has 0 saturated heterocycles. The van der Waals surface area contributed by atoms with Crippen molar-refractivity contribution in [3.63, 3.8) is 0 Å². The van der Waals surface area contributed by atoms with E-state index in [4.69, 9.17) is 5.73 Å². The third-order valence-electron chi connectivity index (χ3n) is 2.24. The molecule has 2 aromatic rings. The van der Waals surface area contributed by atoms with E-state index in [0.29, 0.717) is 5.69 Å². The number of nitrogens with two attached hydrogens (primary N) is 1. The van der Waals surface area contributed by atoms with Crippen LogP contribution in [0.25, 0.3) is 0 Å². The summed E-state index contributed by atoms with van der Waals surface area (Å²) in [6.07, 6.45) is 0. The normalized spacial score (nSPS) is 13.7. The van der Waals surface area contributed by atoms with Crippen LogP contribution >= 0.6 is 22.7 Å². The second kappa shape index (κ2) is 4.77. The van der Waals surface area contributed by atoms with Gasteiger partial charge in [0, 0.05) is 17.1 Å². The molecule has 0 spiro atoms. The Hall–Kier alpha value is -0.890. The molecule has 0 aliphatic heterocycles. The Morgan fingerprint density at radius 3 is 2.71 bits per heavy atom. The highest BCUT2D eigenvalue weighted by Crippen LogP contribution is 2.24. The van der Waals surface area contributed by atoms with Crippen LogP contribution in [0.1, 0.15) is 18.5 Å². The van der Waals surface area contributed by atoms with Crippen LogP contribution in [0.2, 0.25) is 0 Å². The van der Waals surface area contributed by atoms with Gasteiger partial charge >= 0.3 is 0 Å². The monoisotopic (exact) mass is 288 g/mol. The van der Waals surface area contributed by atoms with Gasteiger partial charge in [0.25, 0.3) is 10.0 Å². The number of thiophene rings is 2. The third-order valence-corrected chi connectivity index (χ3v) is 5.94. The molecule has 7 heteroatoms. The van der Waals surface area contributed by atoms with Gasteiger partial charge in [0.15, 0.2) is 0 Å². The molecule has 4 nitrogen and oxygen atoms in total. The molecule has 2 aromatic heterocycles. The van der Waals surface area contributed by atoms with Crippen molar-refractivity contribution in [1.82, 2.24) is 4.72 Å². The molecule has 0 aromatic carbocycles. The molecular formula is C10H12N2O2S3. The Morgan fingerprint density at radius 1 is 1.41 bits per heavy atom. The maximum absolute atomic E-state index is 12.0. The summed E-state index contributed by atoms with van der Waals surface area (Å²) in [5.74, 6) is 0. The van der Waals surface area contributed by atoms with Gasteiger partial charge in [-0.25, -0.2) is 13.1 Å². The Kier molecular flexibility index (Phi) is 3.53. The highest BCUT2D eigenvalue weighted by Gasteiger charge is 2.20. The quantitative estimate of drug-likeness (QED) is 0.907. The fraction of sp³-hybridized carbons (Fsp3) is 0.200. The van der Waals surface area contributed by atoms with Crippen molar-refractivity contribution in [3.8, 4) is 0 Å². The lowest BCUT2D eigenvalue weighted by molar-refractivity contribution is 0.569. The van der Waals surface area contributed by atoms with Gasteiger partial charge in [-0.1, -0.05) is 0 Å². The van der Waals surface area contributed by atoms with E-state index in [9.17, 15) is 8.42 Å². The predicted molar refractivity (Wildman–Crippen MR) is 71.8 cm³/mol. The number of hydrogen-bond acceptors (Lipinski definition) is 5. The number of nitrogen functional groups attached to an aromatic ring is 1. The number of rotatable bonds is 4. The highest BCUT2D eigenvalue weighted by molar-refractivity contribution is 7.91. The van der Waals surface area contributed by atoms with E-state index < -0.39 is 10.0 Å². The zero-order chi connectivity index (χ0) is 12.5. The maximum atomic E-state index is 12.0. The zero-order valence-electron chi connectivity index (χ0n) is 9.08. The molecule has 0 aliphatic carbocycles. The third kappa shape index (κ3) is 2.86. The van der Waals surface area contributed by atoms with Crippen LogP contribution in [-0.4, -0.2) is 8.42 Å². The van der Waals surface area contributed by atoms with Crippen molar-refractivity contribution in [1.29, 1.82) is 0 Å². The fourth-order valence-corrected chi connectivity index (χ4v) is 4.43. The van der Waals surface area contributed by atoms with E-state index in [1.165, 1.54) is 6.07 Å². The van der Waals surface area contributed by atoms with Gasteiger partial charge in [-0.3, -0.25) is 0 Å². The van der Waals surface area contributed by atoms with Gasteiger partial charge in [-0.05, 0) is 35.4 Å². The van der Waals surface area contributed by atoms with E-state index in [1.807, 2.05) is 23.8 Å². The van der Waals surface area contributed by atoms with Crippen molar-refractivity contribution in [3.05, 3.63) is 33.8 Å². The molecule has 0 radical (unpaired) electrons. The van der Waals surface area contributed by atoms with E-state index in [-0.39, 0.29) is 10.3 Å². The first-order valence-electron chi connectivity index (χ1n) is 4.87. The summed E-state index contributed by atoms with van der Waals surface area (Å²) in [5.41, 5.74) is 6.95. The average Bonchev–Trinajstić information content (AvgIpc) is 2.86. The Balaban J connectivity index is 2.18. The molecule has 17 heavy (non-hydrogen) atoms. The molecule has 2 rings (SSSR count). The first-order valence-corrected chi connectivity index (χ1v) is 8.18. The number of hydrogen-bond donors (Lipinski definition) is 2. The predicted octanol–water partition coefficient (Wildman–Crippen LogP) is 2.43. The van der Waals surface area contributed by atoms with Gasteiger partial charge < -0.3 is 5.73 Å². The van der Waals surface area contributed by atoms with Gasteiger partial charge in [-0.15, -0.1) is 11.3 Å². The minimum absolute atomic E-state index is 0.241. The fourth-order valence-electron chi connectivity index (χ4n) is 1.35. The summed E-state index contributed by atoms with van der Waals surface area (Å²) < 4.78 is 26.9. The molecule has 0 bridgehead atoms. The number of anilines is 1. The first-order chi connectivity index (χ1) is 7.99. The summed E-state index contributed by atoms with van der Waals surface area (Å²) in [6.45, 7) is 1.82. The van der Waals surface area contributed by atoms with Crippen molar-refractivity contribution < 1.29 is 8.42 Å². The van der Waals surface area contributed by atoms with Crippen LogP contribution < -0.4 is 10.5 Å². The summed E-state index contributed by atoms with van der Waals surface area (Å²) in [5, 5.41) is 5.46. The van der Waals surface area contributed by atoms with Gasteiger partial charge in [-0.2, -0.15) is 11.3 Å². The zero-order valence-corrected chi connectivity index (χ0v) is 11.5. The first kappa shape index (κ1) is 12.6. The van der Waals surface area contributed by atoms with Crippen LogP contribution in [0.5, 0.6) is 0 Å². The van der Waals surface area contributed by atoms with Crippen LogP contribution in [0.4, 0.5) is 5.69 Å². The molecule has 3 N–H and O–H groups in total.